The SMILES string of the molecule is Cc1ccc(S(=O)(=O)CCC(=O)NNC(=O)c2ccccc2-n2cccc2)cc1. The first kappa shape index (κ1) is 20.3. The van der Waals surface area contributed by atoms with E-state index in [1.54, 1.807) is 53.4 Å². The van der Waals surface area contributed by atoms with E-state index in [4.69, 9.17) is 0 Å². The summed E-state index contributed by atoms with van der Waals surface area (Å²) < 4.78 is 26.4. The second-order valence-electron chi connectivity index (χ2n) is 6.49. The van der Waals surface area contributed by atoms with Gasteiger partial charge in [0.05, 0.1) is 21.9 Å². The van der Waals surface area contributed by atoms with Gasteiger partial charge in [0.2, 0.25) is 5.91 Å². The Kier molecular flexibility index (Phi) is 6.13. The average molecular weight is 411 g/mol. The van der Waals surface area contributed by atoms with Gasteiger partial charge in [0.1, 0.15) is 0 Å². The molecule has 0 spiro atoms. The third kappa shape index (κ3) is 5.11. The second-order valence-corrected chi connectivity index (χ2v) is 8.60. The fourth-order valence-electron chi connectivity index (χ4n) is 2.73. The molecule has 150 valence electrons. The summed E-state index contributed by atoms with van der Waals surface area (Å²) in [4.78, 5) is 24.7. The van der Waals surface area contributed by atoms with Crippen molar-refractivity contribution in [3.05, 3.63) is 84.2 Å². The number of nitrogens with zero attached hydrogens (tertiary/aromatic N) is 1. The highest BCUT2D eigenvalue weighted by molar-refractivity contribution is 7.91. The maximum atomic E-state index is 12.5. The smallest absolute Gasteiger partial charge is 0.271 e. The Hall–Kier alpha value is -3.39. The highest BCUT2D eigenvalue weighted by atomic mass is 32.2. The predicted octanol–water partition coefficient (Wildman–Crippen LogP) is 2.41. The predicted molar refractivity (Wildman–Crippen MR) is 109 cm³/mol. The Bertz CT molecular complexity index is 1110. The Labute approximate surface area is 169 Å². The van der Waals surface area contributed by atoms with E-state index in [-0.39, 0.29) is 17.1 Å². The van der Waals surface area contributed by atoms with Gasteiger partial charge >= 0.3 is 0 Å². The van der Waals surface area contributed by atoms with E-state index in [9.17, 15) is 18.0 Å². The standard InChI is InChI=1S/C21H21N3O4S/c1-16-8-10-17(11-9-16)29(27,28)15-12-20(25)22-23-21(26)18-6-2-3-7-19(18)24-13-4-5-14-24/h2-11,13-14H,12,15H2,1H3,(H,22,25)(H,23,26). The van der Waals surface area contributed by atoms with Crippen LogP contribution in [0.3, 0.4) is 0 Å². The van der Waals surface area contributed by atoms with Crippen LogP contribution in [0.5, 0.6) is 0 Å². The van der Waals surface area contributed by atoms with Crippen molar-refractivity contribution < 1.29 is 18.0 Å². The van der Waals surface area contributed by atoms with Crippen LogP contribution in [0.2, 0.25) is 0 Å². The van der Waals surface area contributed by atoms with Gasteiger partial charge in [0.25, 0.3) is 5.91 Å². The average Bonchev–Trinajstić information content (AvgIpc) is 3.25. The Morgan fingerprint density at radius 2 is 1.55 bits per heavy atom. The number of carbonyl (C=O) groups is 2. The fraction of sp³-hybridized carbons (Fsp3) is 0.143. The molecular formula is C21H21N3O4S. The number of sulfone groups is 1. The van der Waals surface area contributed by atoms with Gasteiger partial charge in [0.15, 0.2) is 9.84 Å². The van der Waals surface area contributed by atoms with Crippen LogP contribution in [0.1, 0.15) is 22.3 Å². The normalized spacial score (nSPS) is 11.1. The van der Waals surface area contributed by atoms with Crippen molar-refractivity contribution in [2.24, 2.45) is 0 Å². The molecule has 1 aromatic heterocycles. The molecule has 7 nitrogen and oxygen atoms in total. The first-order chi connectivity index (χ1) is 13.9. The number of hydrogen-bond donors (Lipinski definition) is 2. The van der Waals surface area contributed by atoms with Gasteiger partial charge in [-0.25, -0.2) is 8.42 Å². The number of hydrazine groups is 1. The summed E-state index contributed by atoms with van der Waals surface area (Å²) >= 11 is 0. The molecule has 0 fully saturated rings. The van der Waals surface area contributed by atoms with Crippen molar-refractivity contribution >= 4 is 21.7 Å². The number of rotatable bonds is 6. The second kappa shape index (κ2) is 8.74. The number of amides is 2. The van der Waals surface area contributed by atoms with Crippen molar-refractivity contribution in [3.63, 3.8) is 0 Å². The van der Waals surface area contributed by atoms with E-state index in [1.165, 1.54) is 12.1 Å². The highest BCUT2D eigenvalue weighted by Crippen LogP contribution is 2.15. The van der Waals surface area contributed by atoms with E-state index >= 15 is 0 Å². The van der Waals surface area contributed by atoms with Gasteiger partial charge in [-0.2, -0.15) is 0 Å². The minimum Gasteiger partial charge on any atom is -0.323 e. The first-order valence-electron chi connectivity index (χ1n) is 8.98. The molecule has 0 radical (unpaired) electrons. The summed E-state index contributed by atoms with van der Waals surface area (Å²) in [5, 5.41) is 0. The van der Waals surface area contributed by atoms with Gasteiger partial charge in [-0.05, 0) is 43.3 Å². The molecule has 1 heterocycles. The third-order valence-electron chi connectivity index (χ3n) is 4.32. The molecule has 0 aliphatic rings. The third-order valence-corrected chi connectivity index (χ3v) is 6.06. The largest absolute Gasteiger partial charge is 0.323 e. The van der Waals surface area contributed by atoms with E-state index in [2.05, 4.69) is 10.9 Å². The lowest BCUT2D eigenvalue weighted by Gasteiger charge is -2.12. The highest BCUT2D eigenvalue weighted by Gasteiger charge is 2.17. The Balaban J connectivity index is 1.57. The number of aromatic nitrogens is 1. The van der Waals surface area contributed by atoms with Gasteiger partial charge in [-0.3, -0.25) is 20.4 Å². The molecule has 0 unspecified atom stereocenters. The number of aryl methyl sites for hydroxylation is 1. The number of benzene rings is 2. The molecule has 3 aromatic rings. The van der Waals surface area contributed by atoms with Crippen molar-refractivity contribution in [3.8, 4) is 5.69 Å². The molecule has 29 heavy (non-hydrogen) atoms. The van der Waals surface area contributed by atoms with Gasteiger partial charge in [-0.1, -0.05) is 29.8 Å². The summed E-state index contributed by atoms with van der Waals surface area (Å²) in [5.74, 6) is -1.44. The summed E-state index contributed by atoms with van der Waals surface area (Å²) in [6, 6.07) is 17.1. The lowest BCUT2D eigenvalue weighted by atomic mass is 10.1. The minimum absolute atomic E-state index is 0.167. The van der Waals surface area contributed by atoms with Crippen molar-refractivity contribution in [1.29, 1.82) is 0 Å². The number of nitrogens with one attached hydrogen (secondary N) is 2. The quantitative estimate of drug-likeness (QED) is 0.609. The van der Waals surface area contributed by atoms with Crippen LogP contribution >= 0.6 is 0 Å². The van der Waals surface area contributed by atoms with Crippen molar-refractivity contribution in [2.45, 2.75) is 18.2 Å². The van der Waals surface area contributed by atoms with Gasteiger partial charge < -0.3 is 4.57 Å². The summed E-state index contributed by atoms with van der Waals surface area (Å²) in [5.41, 5.74) is 6.59. The zero-order chi connectivity index (χ0) is 20.9. The van der Waals surface area contributed by atoms with Crippen LogP contribution in [-0.4, -0.2) is 30.6 Å². The molecule has 2 amide bonds. The zero-order valence-corrected chi connectivity index (χ0v) is 16.6. The molecule has 0 bridgehead atoms. The molecule has 0 aliphatic heterocycles. The number of para-hydroxylation sites is 1. The Morgan fingerprint density at radius 1 is 0.897 bits per heavy atom. The zero-order valence-electron chi connectivity index (χ0n) is 15.8. The summed E-state index contributed by atoms with van der Waals surface area (Å²) in [7, 11) is -3.58. The molecule has 8 heteroatoms. The van der Waals surface area contributed by atoms with Crippen molar-refractivity contribution in [1.82, 2.24) is 15.4 Å². The monoisotopic (exact) mass is 411 g/mol. The molecule has 0 saturated carbocycles. The number of hydrogen-bond acceptors (Lipinski definition) is 4. The van der Waals surface area contributed by atoms with E-state index in [0.29, 0.717) is 11.3 Å². The minimum atomic E-state index is -3.58. The Morgan fingerprint density at radius 3 is 2.24 bits per heavy atom. The van der Waals surface area contributed by atoms with E-state index < -0.39 is 21.7 Å². The van der Waals surface area contributed by atoms with Crippen molar-refractivity contribution in [2.75, 3.05) is 5.75 Å². The van der Waals surface area contributed by atoms with Crippen LogP contribution in [0, 0.1) is 6.92 Å². The van der Waals surface area contributed by atoms with Crippen LogP contribution in [0.25, 0.3) is 5.69 Å². The summed E-state index contributed by atoms with van der Waals surface area (Å²) in [6.45, 7) is 1.86. The van der Waals surface area contributed by atoms with E-state index in [1.807, 2.05) is 19.1 Å². The number of carbonyl (C=O) groups excluding carboxylic acids is 2. The molecule has 2 aromatic carbocycles. The molecule has 3 rings (SSSR count). The van der Waals surface area contributed by atoms with Crippen LogP contribution in [0.4, 0.5) is 0 Å². The molecule has 2 N–H and O–H groups in total. The lowest BCUT2D eigenvalue weighted by Crippen LogP contribution is -2.42. The maximum Gasteiger partial charge on any atom is 0.271 e. The molecule has 0 saturated heterocycles. The van der Waals surface area contributed by atoms with Gasteiger partial charge in [0, 0.05) is 18.8 Å². The maximum absolute atomic E-state index is 12.5. The van der Waals surface area contributed by atoms with Crippen LogP contribution in [0.15, 0.2) is 78.0 Å². The van der Waals surface area contributed by atoms with Crippen LogP contribution in [-0.2, 0) is 14.6 Å². The molecule has 0 aliphatic carbocycles. The topological polar surface area (TPSA) is 97.3 Å². The molecule has 0 atom stereocenters. The van der Waals surface area contributed by atoms with E-state index in [0.717, 1.165) is 5.56 Å². The van der Waals surface area contributed by atoms with Crippen LogP contribution < -0.4 is 10.9 Å². The first-order valence-corrected chi connectivity index (χ1v) is 10.6. The fourth-order valence-corrected chi connectivity index (χ4v) is 3.97. The molecular weight excluding hydrogens is 390 g/mol. The summed E-state index contributed by atoms with van der Waals surface area (Å²) in [6.07, 6.45) is 3.34. The lowest BCUT2D eigenvalue weighted by molar-refractivity contribution is -0.121. The van der Waals surface area contributed by atoms with Gasteiger partial charge in [-0.15, -0.1) is 0 Å².